The molecular formula is C17H36IN3OS. The maximum Gasteiger partial charge on any atom is 0.191 e. The third-order valence-corrected chi connectivity index (χ3v) is 5.49. The molecule has 1 atom stereocenters. The number of aliphatic imine (C=N–C) groups is 1. The molecule has 0 aromatic rings. The Balaban J connectivity index is 0.00000484. The van der Waals surface area contributed by atoms with E-state index in [-0.39, 0.29) is 24.0 Å². The molecule has 1 fully saturated rings. The molecule has 0 aliphatic heterocycles. The molecule has 1 unspecified atom stereocenters. The molecule has 1 aliphatic carbocycles. The van der Waals surface area contributed by atoms with Crippen molar-refractivity contribution in [2.45, 2.75) is 58.1 Å². The van der Waals surface area contributed by atoms with Gasteiger partial charge in [0.1, 0.15) is 0 Å². The maximum absolute atomic E-state index is 5.59. The van der Waals surface area contributed by atoms with Gasteiger partial charge in [0.15, 0.2) is 5.96 Å². The summed E-state index contributed by atoms with van der Waals surface area (Å²) in [6.07, 6.45) is 8.57. The van der Waals surface area contributed by atoms with E-state index in [2.05, 4.69) is 37.7 Å². The number of nitrogens with one attached hydrogen (secondary N) is 2. The summed E-state index contributed by atoms with van der Waals surface area (Å²) in [5.41, 5.74) is 0.364. The van der Waals surface area contributed by atoms with Gasteiger partial charge in [-0.2, -0.15) is 11.8 Å². The lowest BCUT2D eigenvalue weighted by molar-refractivity contribution is 0.107. The van der Waals surface area contributed by atoms with Gasteiger partial charge in [-0.25, -0.2) is 0 Å². The van der Waals surface area contributed by atoms with Crippen LogP contribution in [0.5, 0.6) is 0 Å². The zero-order chi connectivity index (χ0) is 16.3. The third-order valence-electron chi connectivity index (χ3n) is 4.52. The Hall–Kier alpha value is 0.310. The van der Waals surface area contributed by atoms with Crippen LogP contribution in [0.25, 0.3) is 0 Å². The number of guanidine groups is 1. The fourth-order valence-electron chi connectivity index (χ4n) is 2.96. The van der Waals surface area contributed by atoms with E-state index in [4.69, 9.17) is 9.73 Å². The van der Waals surface area contributed by atoms with Crippen molar-refractivity contribution < 1.29 is 4.74 Å². The van der Waals surface area contributed by atoms with Crippen LogP contribution in [0.4, 0.5) is 0 Å². The van der Waals surface area contributed by atoms with Crippen molar-refractivity contribution in [2.24, 2.45) is 10.4 Å². The number of hydrogen-bond acceptors (Lipinski definition) is 3. The zero-order valence-corrected chi connectivity index (χ0v) is 18.5. The number of rotatable bonds is 10. The first-order valence-corrected chi connectivity index (χ1v) is 10.1. The van der Waals surface area contributed by atoms with Crippen LogP contribution in [-0.4, -0.2) is 50.3 Å². The lowest BCUT2D eigenvalue weighted by atomic mass is 9.83. The first kappa shape index (κ1) is 23.3. The summed E-state index contributed by atoms with van der Waals surface area (Å²) in [5.74, 6) is 0.964. The Labute approximate surface area is 164 Å². The molecule has 0 spiro atoms. The van der Waals surface area contributed by atoms with Crippen molar-refractivity contribution in [3.63, 3.8) is 0 Å². The molecule has 4 nitrogen and oxygen atoms in total. The fraction of sp³-hybridized carbons (Fsp3) is 0.941. The second-order valence-electron chi connectivity index (χ2n) is 6.28. The second kappa shape index (κ2) is 13.6. The van der Waals surface area contributed by atoms with Gasteiger partial charge < -0.3 is 15.4 Å². The van der Waals surface area contributed by atoms with Gasteiger partial charge in [-0.15, -0.1) is 24.0 Å². The quantitative estimate of drug-likeness (QED) is 0.226. The number of hydrogen-bond donors (Lipinski definition) is 2. The summed E-state index contributed by atoms with van der Waals surface area (Å²) in [7, 11) is 0. The molecule has 0 saturated heterocycles. The van der Waals surface area contributed by atoms with Crippen LogP contribution in [0.15, 0.2) is 4.99 Å². The molecule has 0 aromatic carbocycles. The van der Waals surface area contributed by atoms with E-state index < -0.39 is 0 Å². The summed E-state index contributed by atoms with van der Waals surface area (Å²) in [6.45, 7) is 10.9. The molecule has 0 heterocycles. The summed E-state index contributed by atoms with van der Waals surface area (Å²) < 4.78 is 5.59. The van der Waals surface area contributed by atoms with Gasteiger partial charge in [0, 0.05) is 38.1 Å². The number of ether oxygens (including phenoxy) is 1. The lowest BCUT2D eigenvalue weighted by Gasteiger charge is -2.27. The number of thioether (sulfide) groups is 1. The van der Waals surface area contributed by atoms with Gasteiger partial charge in [0.25, 0.3) is 0 Å². The summed E-state index contributed by atoms with van der Waals surface area (Å²) >= 11 is 1.88. The average Bonchev–Trinajstić information content (AvgIpc) is 2.99. The van der Waals surface area contributed by atoms with Gasteiger partial charge in [0.2, 0.25) is 0 Å². The molecule has 23 heavy (non-hydrogen) atoms. The van der Waals surface area contributed by atoms with E-state index in [0.717, 1.165) is 45.2 Å². The highest BCUT2D eigenvalue weighted by Crippen LogP contribution is 2.41. The number of halogens is 1. The first-order chi connectivity index (χ1) is 10.7. The summed E-state index contributed by atoms with van der Waals surface area (Å²) in [4.78, 5) is 4.88. The van der Waals surface area contributed by atoms with Crippen LogP contribution in [0.2, 0.25) is 0 Å². The highest BCUT2D eigenvalue weighted by molar-refractivity contribution is 14.0. The maximum atomic E-state index is 5.59. The molecule has 138 valence electrons. The number of nitrogens with zero attached hydrogens (tertiary/aromatic N) is 1. The smallest absolute Gasteiger partial charge is 0.191 e. The fourth-order valence-corrected chi connectivity index (χ4v) is 3.21. The van der Waals surface area contributed by atoms with Crippen LogP contribution >= 0.6 is 35.7 Å². The van der Waals surface area contributed by atoms with Crippen molar-refractivity contribution in [1.29, 1.82) is 0 Å². The van der Waals surface area contributed by atoms with Gasteiger partial charge in [-0.1, -0.05) is 19.8 Å². The Morgan fingerprint density at radius 1 is 1.26 bits per heavy atom. The predicted octanol–water partition coefficient (Wildman–Crippen LogP) is 3.90. The SMILES string of the molecule is CCNC(=NCC1(CCOCC)CCCC1)NCC(C)SC.I. The van der Waals surface area contributed by atoms with E-state index in [1.54, 1.807) is 0 Å². The zero-order valence-electron chi connectivity index (χ0n) is 15.3. The van der Waals surface area contributed by atoms with Gasteiger partial charge in [-0.3, -0.25) is 4.99 Å². The first-order valence-electron chi connectivity index (χ1n) is 8.78. The van der Waals surface area contributed by atoms with E-state index >= 15 is 0 Å². The van der Waals surface area contributed by atoms with Gasteiger partial charge in [-0.05, 0) is 44.8 Å². The van der Waals surface area contributed by atoms with Gasteiger partial charge in [0.05, 0.1) is 0 Å². The van der Waals surface area contributed by atoms with Crippen LogP contribution in [0, 0.1) is 5.41 Å². The van der Waals surface area contributed by atoms with Crippen molar-refractivity contribution >= 4 is 41.7 Å². The lowest BCUT2D eigenvalue weighted by Crippen LogP contribution is -2.41. The topological polar surface area (TPSA) is 45.7 Å². The Bertz CT molecular complexity index is 323. The summed E-state index contributed by atoms with van der Waals surface area (Å²) in [6, 6.07) is 0. The minimum atomic E-state index is 0. The molecular weight excluding hydrogens is 421 g/mol. The van der Waals surface area contributed by atoms with E-state index in [9.17, 15) is 0 Å². The Morgan fingerprint density at radius 2 is 1.96 bits per heavy atom. The Morgan fingerprint density at radius 3 is 2.52 bits per heavy atom. The van der Waals surface area contributed by atoms with E-state index in [1.807, 2.05) is 11.8 Å². The highest BCUT2D eigenvalue weighted by atomic mass is 127. The second-order valence-corrected chi connectivity index (χ2v) is 7.55. The summed E-state index contributed by atoms with van der Waals surface area (Å²) in [5, 5.41) is 7.43. The molecule has 0 aromatic heterocycles. The molecule has 0 amide bonds. The minimum absolute atomic E-state index is 0. The molecule has 1 rings (SSSR count). The van der Waals surface area contributed by atoms with Crippen LogP contribution < -0.4 is 10.6 Å². The average molecular weight is 457 g/mol. The third kappa shape index (κ3) is 9.39. The Kier molecular flexibility index (Phi) is 13.8. The normalized spacial score (nSPS) is 18.3. The van der Waals surface area contributed by atoms with Crippen molar-refractivity contribution in [1.82, 2.24) is 10.6 Å². The van der Waals surface area contributed by atoms with Crippen molar-refractivity contribution in [3.8, 4) is 0 Å². The van der Waals surface area contributed by atoms with Crippen LogP contribution in [0.1, 0.15) is 52.9 Å². The standard InChI is InChI=1S/C17H35N3OS.HI/c1-5-18-16(19-13-15(3)22-4)20-14-17(9-7-8-10-17)11-12-21-6-2;/h15H,5-14H2,1-4H3,(H2,18,19,20);1H. The monoisotopic (exact) mass is 457 g/mol. The van der Waals surface area contributed by atoms with E-state index in [0.29, 0.717) is 10.7 Å². The minimum Gasteiger partial charge on any atom is -0.382 e. The van der Waals surface area contributed by atoms with Crippen molar-refractivity contribution in [3.05, 3.63) is 0 Å². The van der Waals surface area contributed by atoms with Crippen molar-refractivity contribution in [2.75, 3.05) is 39.1 Å². The predicted molar refractivity (Wildman–Crippen MR) is 114 cm³/mol. The van der Waals surface area contributed by atoms with Crippen LogP contribution in [0.3, 0.4) is 0 Å². The molecule has 6 heteroatoms. The molecule has 1 aliphatic rings. The largest absolute Gasteiger partial charge is 0.382 e. The van der Waals surface area contributed by atoms with E-state index in [1.165, 1.54) is 25.7 Å². The van der Waals surface area contributed by atoms with Gasteiger partial charge >= 0.3 is 0 Å². The molecule has 0 radical (unpaired) electrons. The molecule has 1 saturated carbocycles. The highest BCUT2D eigenvalue weighted by Gasteiger charge is 2.33. The molecule has 0 bridgehead atoms. The molecule has 2 N–H and O–H groups in total. The van der Waals surface area contributed by atoms with Crippen LogP contribution in [-0.2, 0) is 4.74 Å².